The number of nitrogens with zero attached hydrogens (tertiary/aromatic N) is 2. The highest BCUT2D eigenvalue weighted by Gasteiger charge is 2.22. The van der Waals surface area contributed by atoms with E-state index in [0.717, 1.165) is 29.0 Å². The molecule has 0 spiro atoms. The Labute approximate surface area is 330 Å². The lowest BCUT2D eigenvalue weighted by Crippen LogP contribution is -2.01. The summed E-state index contributed by atoms with van der Waals surface area (Å²) in [7, 11) is 0. The number of hydrogen-bond acceptors (Lipinski definition) is 1. The highest BCUT2D eigenvalue weighted by molar-refractivity contribution is 6.27. The molecule has 2 heteroatoms. The molecule has 0 saturated carbocycles. The molecule has 0 radical (unpaired) electrons. The van der Waals surface area contributed by atoms with E-state index >= 15 is 0 Å². The fraction of sp³-hybridized carbons (Fsp3) is 0.0364. The van der Waals surface area contributed by atoms with Crippen LogP contribution < -0.4 is 0 Å². The Morgan fingerprint density at radius 1 is 0.404 bits per heavy atom. The van der Waals surface area contributed by atoms with Crippen molar-refractivity contribution >= 4 is 75.7 Å². The van der Waals surface area contributed by atoms with E-state index in [9.17, 15) is 0 Å². The van der Waals surface area contributed by atoms with Gasteiger partial charge in [0.2, 0.25) is 0 Å². The SMILES string of the molecule is CCc1nc2ccccc2n1-c1ccc(-c2c3ccccc3c(-c3cc4ccc5cccc6ccc(c3)c4c56)c3ccc(-c4ccccc4)cc23)c2ccccc12. The minimum atomic E-state index is 0.841. The number of hydrogen-bond donors (Lipinski definition) is 0. The molecule has 0 aliphatic rings. The zero-order valence-corrected chi connectivity index (χ0v) is 31.5. The topological polar surface area (TPSA) is 17.8 Å². The van der Waals surface area contributed by atoms with Crippen LogP contribution in [-0.2, 0) is 6.42 Å². The quantitative estimate of drug-likeness (QED) is 0.128. The highest BCUT2D eigenvalue weighted by Crippen LogP contribution is 2.48. The molecule has 2 nitrogen and oxygen atoms in total. The number of fused-ring (bicyclic) bond motifs is 4. The third kappa shape index (κ3) is 4.74. The lowest BCUT2D eigenvalue weighted by Gasteiger charge is -2.21. The van der Waals surface area contributed by atoms with Crippen LogP contribution in [0.25, 0.3) is 115 Å². The first kappa shape index (κ1) is 32.0. The second kappa shape index (κ2) is 12.4. The van der Waals surface area contributed by atoms with Gasteiger partial charge in [-0.15, -0.1) is 0 Å². The molecule has 266 valence electrons. The Kier molecular flexibility index (Phi) is 6.94. The van der Waals surface area contributed by atoms with E-state index in [4.69, 9.17) is 4.98 Å². The largest absolute Gasteiger partial charge is 0.296 e. The fourth-order valence-electron chi connectivity index (χ4n) is 9.77. The van der Waals surface area contributed by atoms with E-state index in [1.165, 1.54) is 98.0 Å². The van der Waals surface area contributed by atoms with Gasteiger partial charge in [0.05, 0.1) is 16.7 Å². The molecule has 11 aromatic carbocycles. The van der Waals surface area contributed by atoms with Crippen molar-refractivity contribution in [2.75, 3.05) is 0 Å². The third-order valence-corrected chi connectivity index (χ3v) is 12.2. The predicted molar refractivity (Wildman–Crippen MR) is 243 cm³/mol. The van der Waals surface area contributed by atoms with Crippen molar-refractivity contribution in [2.45, 2.75) is 13.3 Å². The fourth-order valence-corrected chi connectivity index (χ4v) is 9.77. The normalized spacial score (nSPS) is 12.0. The summed E-state index contributed by atoms with van der Waals surface area (Å²) in [6.45, 7) is 2.19. The number of benzene rings is 11. The monoisotopic (exact) mass is 724 g/mol. The van der Waals surface area contributed by atoms with E-state index in [1.807, 2.05) is 0 Å². The lowest BCUT2D eigenvalue weighted by molar-refractivity contribution is 0.913. The van der Waals surface area contributed by atoms with Gasteiger partial charge >= 0.3 is 0 Å². The van der Waals surface area contributed by atoms with E-state index in [2.05, 4.69) is 200 Å². The summed E-state index contributed by atoms with van der Waals surface area (Å²) in [6, 6.07) is 69.7. The van der Waals surface area contributed by atoms with Crippen LogP contribution in [0.2, 0.25) is 0 Å². The summed E-state index contributed by atoms with van der Waals surface area (Å²) < 4.78 is 2.36. The van der Waals surface area contributed by atoms with Crippen LogP contribution in [0.3, 0.4) is 0 Å². The Balaban J connectivity index is 1.19. The molecule has 0 N–H and O–H groups in total. The van der Waals surface area contributed by atoms with Gasteiger partial charge in [0.25, 0.3) is 0 Å². The molecule has 0 aliphatic carbocycles. The standard InChI is InChI=1S/C55H36N2/c1-2-51-56-48-21-10-11-22-50(48)57(51)49-30-29-45(41-17-6-7-18-42(41)49)55-44-20-9-8-19-43(44)54(46-28-27-37(33-47(46)55)34-13-4-3-5-14-34)40-31-38-25-23-35-15-12-16-36-24-26-39(32-40)53(38)52(35)36/h3-33H,2H2,1H3. The van der Waals surface area contributed by atoms with Crippen LogP contribution in [0.15, 0.2) is 188 Å². The molecule has 0 aliphatic heterocycles. The molecule has 1 heterocycles. The van der Waals surface area contributed by atoms with Gasteiger partial charge in [-0.05, 0) is 129 Å². The molecule has 12 aromatic rings. The Morgan fingerprint density at radius 3 is 1.77 bits per heavy atom. The molecular weight excluding hydrogens is 689 g/mol. The van der Waals surface area contributed by atoms with Gasteiger partial charge in [0, 0.05) is 11.8 Å². The van der Waals surface area contributed by atoms with Gasteiger partial charge < -0.3 is 0 Å². The molecule has 0 unspecified atom stereocenters. The van der Waals surface area contributed by atoms with Gasteiger partial charge in [0.15, 0.2) is 0 Å². The minimum absolute atomic E-state index is 0.841. The predicted octanol–water partition coefficient (Wildman–Crippen LogP) is 14.9. The molecule has 0 atom stereocenters. The van der Waals surface area contributed by atoms with E-state index < -0.39 is 0 Å². The lowest BCUT2D eigenvalue weighted by atomic mass is 9.82. The average Bonchev–Trinajstić information content (AvgIpc) is 3.65. The Hall–Kier alpha value is -7.29. The number of para-hydroxylation sites is 2. The Morgan fingerprint density at radius 2 is 1.02 bits per heavy atom. The van der Waals surface area contributed by atoms with Crippen LogP contribution in [-0.4, -0.2) is 9.55 Å². The second-order valence-electron chi connectivity index (χ2n) is 15.3. The van der Waals surface area contributed by atoms with Crippen LogP contribution in [0, 0.1) is 0 Å². The summed E-state index contributed by atoms with van der Waals surface area (Å²) >= 11 is 0. The number of rotatable bonds is 5. The molecule has 12 rings (SSSR count). The summed E-state index contributed by atoms with van der Waals surface area (Å²) in [5.74, 6) is 1.07. The van der Waals surface area contributed by atoms with Crippen molar-refractivity contribution in [1.82, 2.24) is 9.55 Å². The average molecular weight is 725 g/mol. The maximum atomic E-state index is 5.06. The van der Waals surface area contributed by atoms with Crippen molar-refractivity contribution in [1.29, 1.82) is 0 Å². The van der Waals surface area contributed by atoms with E-state index in [-0.39, 0.29) is 0 Å². The van der Waals surface area contributed by atoms with E-state index in [0.29, 0.717) is 0 Å². The summed E-state index contributed by atoms with van der Waals surface area (Å²) in [5.41, 5.74) is 10.7. The van der Waals surface area contributed by atoms with Crippen LogP contribution in [0.5, 0.6) is 0 Å². The van der Waals surface area contributed by atoms with Crippen molar-refractivity contribution in [3.63, 3.8) is 0 Å². The first-order chi connectivity index (χ1) is 28.2. The van der Waals surface area contributed by atoms with Crippen molar-refractivity contribution < 1.29 is 0 Å². The zero-order valence-electron chi connectivity index (χ0n) is 31.5. The molecule has 0 saturated heterocycles. The zero-order chi connectivity index (χ0) is 37.6. The second-order valence-corrected chi connectivity index (χ2v) is 15.3. The maximum absolute atomic E-state index is 5.06. The number of aromatic nitrogens is 2. The molecular formula is C55H36N2. The van der Waals surface area contributed by atoms with Gasteiger partial charge in [0.1, 0.15) is 5.82 Å². The van der Waals surface area contributed by atoms with Gasteiger partial charge in [-0.3, -0.25) is 4.57 Å². The number of aryl methyl sites for hydroxylation is 1. The van der Waals surface area contributed by atoms with Crippen LogP contribution in [0.1, 0.15) is 12.7 Å². The molecule has 57 heavy (non-hydrogen) atoms. The van der Waals surface area contributed by atoms with Crippen LogP contribution >= 0.6 is 0 Å². The van der Waals surface area contributed by atoms with E-state index in [1.54, 1.807) is 0 Å². The molecule has 0 bridgehead atoms. The smallest absolute Gasteiger partial charge is 0.114 e. The van der Waals surface area contributed by atoms with Gasteiger partial charge in [-0.2, -0.15) is 0 Å². The Bertz CT molecular complexity index is 3490. The van der Waals surface area contributed by atoms with Crippen LogP contribution in [0.4, 0.5) is 0 Å². The third-order valence-electron chi connectivity index (χ3n) is 12.2. The molecule has 0 amide bonds. The van der Waals surface area contributed by atoms with Gasteiger partial charge in [-0.1, -0.05) is 159 Å². The summed E-state index contributed by atoms with van der Waals surface area (Å²) in [4.78, 5) is 5.06. The van der Waals surface area contributed by atoms with Crippen molar-refractivity contribution in [3.05, 3.63) is 194 Å². The molecule has 0 fully saturated rings. The summed E-state index contributed by atoms with van der Waals surface area (Å²) in [6.07, 6.45) is 0.841. The first-order valence-corrected chi connectivity index (χ1v) is 19.9. The van der Waals surface area contributed by atoms with Gasteiger partial charge in [-0.25, -0.2) is 4.98 Å². The van der Waals surface area contributed by atoms with Crippen molar-refractivity contribution in [3.8, 4) is 39.1 Å². The molecule has 1 aromatic heterocycles. The number of imidazole rings is 1. The minimum Gasteiger partial charge on any atom is -0.296 e. The maximum Gasteiger partial charge on any atom is 0.114 e. The van der Waals surface area contributed by atoms with Crippen molar-refractivity contribution in [2.24, 2.45) is 0 Å². The summed E-state index contributed by atoms with van der Waals surface area (Å²) in [5, 5.41) is 15.2. The highest BCUT2D eigenvalue weighted by atomic mass is 15.1. The first-order valence-electron chi connectivity index (χ1n) is 19.9.